The summed E-state index contributed by atoms with van der Waals surface area (Å²) in [6, 6.07) is 8.40. The first-order chi connectivity index (χ1) is 23.0. The molecule has 0 unspecified atom stereocenters. The van der Waals surface area contributed by atoms with Crippen molar-refractivity contribution >= 4 is 57.2 Å². The number of nitrogens with one attached hydrogen (secondary N) is 5. The first kappa shape index (κ1) is 37.5. The second kappa shape index (κ2) is 19.6. The SMILES string of the molecule is CC(C)C[C@@H](C=NNC(N)=O)NC(=O)[C@H](Cc1cnc[nH]1)NC(=O)[C@H](Cc1ccccc1)NC(=O)CCSSc1ncccc1[N+](=O)[O-]. The van der Waals surface area contributed by atoms with Crippen LogP contribution in [0.1, 0.15) is 37.9 Å². The lowest BCUT2D eigenvalue weighted by Crippen LogP contribution is -2.56. The zero-order valence-corrected chi connectivity index (χ0v) is 28.0. The second-order valence-electron chi connectivity index (χ2n) is 10.9. The molecule has 0 saturated heterocycles. The largest absolute Gasteiger partial charge is 0.350 e. The van der Waals surface area contributed by atoms with E-state index in [-0.39, 0.29) is 41.6 Å². The fourth-order valence-corrected chi connectivity index (χ4v) is 6.40. The van der Waals surface area contributed by atoms with Crippen LogP contribution in [-0.2, 0) is 27.2 Å². The molecule has 0 aliphatic carbocycles. The molecule has 0 aliphatic rings. The first-order valence-corrected chi connectivity index (χ1v) is 17.2. The Kier molecular flexibility index (Phi) is 15.3. The van der Waals surface area contributed by atoms with Gasteiger partial charge < -0.3 is 26.7 Å². The van der Waals surface area contributed by atoms with E-state index >= 15 is 0 Å². The minimum atomic E-state index is -1.07. The predicted molar refractivity (Wildman–Crippen MR) is 183 cm³/mol. The summed E-state index contributed by atoms with van der Waals surface area (Å²) in [5.41, 5.74) is 8.45. The molecule has 2 heterocycles. The smallest absolute Gasteiger partial charge is 0.332 e. The minimum Gasteiger partial charge on any atom is -0.350 e. The van der Waals surface area contributed by atoms with Crippen LogP contribution in [0.4, 0.5) is 10.5 Å². The number of hydrazone groups is 1. The van der Waals surface area contributed by atoms with E-state index in [1.165, 1.54) is 47.9 Å². The summed E-state index contributed by atoms with van der Waals surface area (Å²) in [6.07, 6.45) is 6.53. The number of hydrogen-bond acceptors (Lipinski definition) is 11. The van der Waals surface area contributed by atoms with E-state index in [4.69, 9.17) is 5.73 Å². The van der Waals surface area contributed by atoms with Crippen molar-refractivity contribution in [3.63, 3.8) is 0 Å². The number of rotatable bonds is 19. The number of aromatic nitrogens is 3. The monoisotopic (exact) mass is 698 g/mol. The second-order valence-corrected chi connectivity index (χ2v) is 13.3. The highest BCUT2D eigenvalue weighted by Gasteiger charge is 2.29. The highest BCUT2D eigenvalue weighted by molar-refractivity contribution is 8.76. The van der Waals surface area contributed by atoms with Gasteiger partial charge >= 0.3 is 11.7 Å². The number of nitrogens with zero attached hydrogens (tertiary/aromatic N) is 4. The van der Waals surface area contributed by atoms with Crippen molar-refractivity contribution in [3.05, 3.63) is 82.6 Å². The van der Waals surface area contributed by atoms with Gasteiger partial charge in [-0.2, -0.15) is 5.10 Å². The lowest BCUT2D eigenvalue weighted by molar-refractivity contribution is -0.388. The fourth-order valence-electron chi connectivity index (χ4n) is 4.38. The molecule has 48 heavy (non-hydrogen) atoms. The van der Waals surface area contributed by atoms with E-state index in [2.05, 4.69) is 41.4 Å². The number of amides is 5. The normalized spacial score (nSPS) is 13.0. The number of imidazole rings is 1. The summed E-state index contributed by atoms with van der Waals surface area (Å²) < 4.78 is 0. The average Bonchev–Trinajstić information content (AvgIpc) is 3.56. The third kappa shape index (κ3) is 13.4. The number of nitro groups is 1. The predicted octanol–water partition coefficient (Wildman–Crippen LogP) is 2.48. The maximum absolute atomic E-state index is 13.8. The molecule has 0 radical (unpaired) electrons. The maximum Gasteiger partial charge on any atom is 0.332 e. The molecule has 7 N–H and O–H groups in total. The van der Waals surface area contributed by atoms with Crippen LogP contribution in [0.15, 0.2) is 71.3 Å². The third-order valence-electron chi connectivity index (χ3n) is 6.53. The Morgan fingerprint density at radius 1 is 1.04 bits per heavy atom. The van der Waals surface area contributed by atoms with E-state index in [1.54, 1.807) is 0 Å². The molecule has 0 saturated carbocycles. The van der Waals surface area contributed by atoms with Crippen molar-refractivity contribution in [1.29, 1.82) is 0 Å². The van der Waals surface area contributed by atoms with Crippen molar-refractivity contribution in [1.82, 2.24) is 36.3 Å². The number of carbonyl (C=O) groups is 4. The Morgan fingerprint density at radius 2 is 1.77 bits per heavy atom. The Bertz CT molecular complexity index is 1540. The summed E-state index contributed by atoms with van der Waals surface area (Å²) in [5, 5.41) is 23.7. The molecular formula is C30H38N10O6S2. The van der Waals surface area contributed by atoms with Crippen LogP contribution in [0.5, 0.6) is 0 Å². The van der Waals surface area contributed by atoms with Crippen LogP contribution in [0, 0.1) is 16.0 Å². The van der Waals surface area contributed by atoms with Gasteiger partial charge in [-0.15, -0.1) is 0 Å². The van der Waals surface area contributed by atoms with Gasteiger partial charge in [0.25, 0.3) is 0 Å². The molecule has 3 rings (SSSR count). The molecule has 5 amide bonds. The first-order valence-electron chi connectivity index (χ1n) is 14.9. The average molecular weight is 699 g/mol. The molecule has 0 bridgehead atoms. The molecule has 0 aliphatic heterocycles. The van der Waals surface area contributed by atoms with Crippen molar-refractivity contribution in [2.24, 2.45) is 16.8 Å². The Hall–Kier alpha value is -4.97. The number of benzene rings is 1. The Balaban J connectivity index is 1.72. The molecule has 256 valence electrons. The molecule has 3 atom stereocenters. The molecular weight excluding hydrogens is 661 g/mol. The molecule has 0 fully saturated rings. The molecule has 16 nitrogen and oxygen atoms in total. The van der Waals surface area contributed by atoms with Crippen LogP contribution in [0.3, 0.4) is 0 Å². The van der Waals surface area contributed by atoms with Crippen molar-refractivity contribution in [3.8, 4) is 0 Å². The highest BCUT2D eigenvalue weighted by atomic mass is 33.1. The molecule has 0 spiro atoms. The van der Waals surface area contributed by atoms with Gasteiger partial charge in [0.2, 0.25) is 17.7 Å². The topological polar surface area (TPSA) is 239 Å². The number of pyridine rings is 1. The lowest BCUT2D eigenvalue weighted by Gasteiger charge is -2.25. The summed E-state index contributed by atoms with van der Waals surface area (Å²) >= 11 is 0. The highest BCUT2D eigenvalue weighted by Crippen LogP contribution is 2.35. The van der Waals surface area contributed by atoms with Gasteiger partial charge in [-0.3, -0.25) is 24.5 Å². The summed E-state index contributed by atoms with van der Waals surface area (Å²) in [6.45, 7) is 3.91. The zero-order chi connectivity index (χ0) is 34.9. The quantitative estimate of drug-likeness (QED) is 0.0351. The van der Waals surface area contributed by atoms with E-state index in [0.717, 1.165) is 16.4 Å². The van der Waals surface area contributed by atoms with Gasteiger partial charge in [0.15, 0.2) is 5.03 Å². The third-order valence-corrected chi connectivity index (χ3v) is 8.81. The molecule has 1 aromatic carbocycles. The Morgan fingerprint density at radius 3 is 2.44 bits per heavy atom. The van der Waals surface area contributed by atoms with Crippen LogP contribution in [0.2, 0.25) is 0 Å². The van der Waals surface area contributed by atoms with E-state index in [0.29, 0.717) is 12.1 Å². The van der Waals surface area contributed by atoms with Crippen LogP contribution < -0.4 is 27.1 Å². The molecule has 18 heteroatoms. The number of H-pyrrole nitrogens is 1. The lowest BCUT2D eigenvalue weighted by atomic mass is 10.0. The fraction of sp³-hybridized carbons (Fsp3) is 0.367. The number of aromatic amines is 1. The van der Waals surface area contributed by atoms with Crippen molar-refractivity contribution in [2.45, 2.75) is 62.7 Å². The number of urea groups is 1. The van der Waals surface area contributed by atoms with Gasteiger partial charge in [-0.1, -0.05) is 55.0 Å². The summed E-state index contributed by atoms with van der Waals surface area (Å²) in [4.78, 5) is 73.1. The maximum atomic E-state index is 13.8. The standard InChI is InChI=1S/C30H38N10O6S2/c1-19(2)13-22(17-35-39-30(31)44)36-27(42)24(15-21-16-32-18-34-21)38-28(43)23(14-20-7-4-3-5-8-20)37-26(41)10-12-47-48-29-25(40(45)46)9-6-11-33-29/h3-9,11,16-19,22-24H,10,12-15H2,1-2H3,(H,32,34)(H,36,42)(H,37,41)(H,38,43)(H3,31,39,44)/t22-,23-,24-/m0/s1. The van der Waals surface area contributed by atoms with Crippen LogP contribution in [-0.4, -0.2) is 73.7 Å². The number of nitrogens with two attached hydrogens (primary N) is 1. The Labute approximate surface area is 284 Å². The number of hydrogen-bond donors (Lipinski definition) is 6. The summed E-state index contributed by atoms with van der Waals surface area (Å²) in [5.74, 6) is -1.08. The minimum absolute atomic E-state index is 0.0183. The van der Waals surface area contributed by atoms with Gasteiger partial charge in [-0.25, -0.2) is 20.2 Å². The number of primary amides is 1. The van der Waals surface area contributed by atoms with Crippen molar-refractivity contribution in [2.75, 3.05) is 5.75 Å². The van der Waals surface area contributed by atoms with E-state index in [9.17, 15) is 29.3 Å². The van der Waals surface area contributed by atoms with Gasteiger partial charge in [0.05, 0.1) is 17.3 Å². The van der Waals surface area contributed by atoms with Crippen molar-refractivity contribution < 1.29 is 24.1 Å². The van der Waals surface area contributed by atoms with E-state index < -0.39 is 46.8 Å². The van der Waals surface area contributed by atoms with E-state index in [1.807, 2.05) is 44.2 Å². The van der Waals surface area contributed by atoms with Gasteiger partial charge in [-0.05, 0) is 34.8 Å². The van der Waals surface area contributed by atoms with Crippen LogP contribution in [0.25, 0.3) is 0 Å². The zero-order valence-electron chi connectivity index (χ0n) is 26.3. The molecule has 2 aromatic heterocycles. The van der Waals surface area contributed by atoms with Gasteiger partial charge in [0.1, 0.15) is 12.1 Å². The molecule has 3 aromatic rings. The summed E-state index contributed by atoms with van der Waals surface area (Å²) in [7, 11) is 2.31. The van der Waals surface area contributed by atoms with Gasteiger partial charge in [0, 0.05) is 55.4 Å². The van der Waals surface area contributed by atoms with Crippen LogP contribution >= 0.6 is 21.6 Å². The number of carbonyl (C=O) groups excluding carboxylic acids is 4.